The Balaban J connectivity index is 2.71. The van der Waals surface area contributed by atoms with Gasteiger partial charge in [0.2, 0.25) is 0 Å². The van der Waals surface area contributed by atoms with Crippen molar-refractivity contribution in [2.75, 3.05) is 0 Å². The predicted octanol–water partition coefficient (Wildman–Crippen LogP) is 1.76. The van der Waals surface area contributed by atoms with Crippen molar-refractivity contribution in [2.24, 2.45) is 5.84 Å². The van der Waals surface area contributed by atoms with Gasteiger partial charge in [-0.15, -0.1) is 11.8 Å². The lowest BCUT2D eigenvalue weighted by Crippen LogP contribution is -2.27. The molecule has 0 saturated heterocycles. The summed E-state index contributed by atoms with van der Waals surface area (Å²) in [7, 11) is 0. The highest BCUT2D eigenvalue weighted by Crippen LogP contribution is 2.18. The number of rotatable bonds is 4. The number of hydrazine groups is 1. The monoisotopic (exact) mass is 192 g/mol. The lowest BCUT2D eigenvalue weighted by atomic mass is 10.2. The molecular formula is C11H16N2O. The van der Waals surface area contributed by atoms with Crippen LogP contribution in [0.15, 0.2) is 16.5 Å². The van der Waals surface area contributed by atoms with Crippen LogP contribution in [0.1, 0.15) is 37.8 Å². The number of hydrogen-bond donors (Lipinski definition) is 2. The Bertz CT molecular complexity index is 333. The van der Waals surface area contributed by atoms with Crippen molar-refractivity contribution >= 4 is 0 Å². The molecule has 0 bridgehead atoms. The van der Waals surface area contributed by atoms with Crippen molar-refractivity contribution in [3.8, 4) is 11.8 Å². The zero-order valence-corrected chi connectivity index (χ0v) is 8.63. The molecule has 0 aliphatic heterocycles. The van der Waals surface area contributed by atoms with E-state index in [9.17, 15) is 0 Å². The molecule has 1 aromatic heterocycles. The van der Waals surface area contributed by atoms with Gasteiger partial charge >= 0.3 is 0 Å². The first-order valence-corrected chi connectivity index (χ1v) is 4.76. The first-order chi connectivity index (χ1) is 6.81. The average Bonchev–Trinajstić information content (AvgIpc) is 2.68. The molecule has 14 heavy (non-hydrogen) atoms. The van der Waals surface area contributed by atoms with Gasteiger partial charge in [-0.3, -0.25) is 5.84 Å². The predicted molar refractivity (Wildman–Crippen MR) is 56.2 cm³/mol. The molecule has 0 spiro atoms. The maximum absolute atomic E-state index is 5.57. The van der Waals surface area contributed by atoms with Gasteiger partial charge in [-0.05, 0) is 19.1 Å². The van der Waals surface area contributed by atoms with E-state index < -0.39 is 0 Å². The summed E-state index contributed by atoms with van der Waals surface area (Å²) in [5.41, 5.74) is 2.69. The smallest absolute Gasteiger partial charge is 0.123 e. The van der Waals surface area contributed by atoms with Gasteiger partial charge in [-0.2, -0.15) is 0 Å². The first kappa shape index (κ1) is 10.8. The van der Waals surface area contributed by atoms with Crippen LogP contribution in [0.25, 0.3) is 0 Å². The molecular weight excluding hydrogens is 176 g/mol. The third kappa shape index (κ3) is 2.63. The van der Waals surface area contributed by atoms with Gasteiger partial charge in [0.1, 0.15) is 11.5 Å². The minimum atomic E-state index is -0.0113. The van der Waals surface area contributed by atoms with Crippen molar-refractivity contribution in [3.63, 3.8) is 0 Å². The van der Waals surface area contributed by atoms with Crippen LogP contribution in [-0.4, -0.2) is 0 Å². The third-order valence-corrected chi connectivity index (χ3v) is 2.06. The summed E-state index contributed by atoms with van der Waals surface area (Å²) in [5.74, 6) is 13.1. The number of hydrogen-bond acceptors (Lipinski definition) is 3. The Morgan fingerprint density at radius 1 is 1.57 bits per heavy atom. The van der Waals surface area contributed by atoms with E-state index in [4.69, 9.17) is 10.3 Å². The normalized spacial score (nSPS) is 11.9. The standard InChI is InChI=1S/C11H16N2O/c1-3-5-6-10(13-12)11-8-7-9(4-2)14-11/h7-8,10,13H,4,6,12H2,1-2H3. The van der Waals surface area contributed by atoms with E-state index in [2.05, 4.69) is 24.2 Å². The Hall–Kier alpha value is -1.24. The molecule has 1 heterocycles. The molecule has 0 radical (unpaired) electrons. The van der Waals surface area contributed by atoms with E-state index in [0.29, 0.717) is 6.42 Å². The van der Waals surface area contributed by atoms with Crippen LogP contribution in [0.4, 0.5) is 0 Å². The molecule has 1 unspecified atom stereocenters. The zero-order chi connectivity index (χ0) is 10.4. The molecule has 3 nitrogen and oxygen atoms in total. The highest BCUT2D eigenvalue weighted by atomic mass is 16.3. The summed E-state index contributed by atoms with van der Waals surface area (Å²) in [5, 5.41) is 0. The van der Waals surface area contributed by atoms with Crippen molar-refractivity contribution in [3.05, 3.63) is 23.7 Å². The van der Waals surface area contributed by atoms with E-state index >= 15 is 0 Å². The summed E-state index contributed by atoms with van der Waals surface area (Å²) < 4.78 is 5.57. The maximum atomic E-state index is 5.57. The molecule has 3 heteroatoms. The van der Waals surface area contributed by atoms with Gasteiger partial charge in [0.05, 0.1) is 6.04 Å². The van der Waals surface area contributed by atoms with Crippen LogP contribution >= 0.6 is 0 Å². The van der Waals surface area contributed by atoms with E-state index in [1.807, 2.05) is 19.1 Å². The van der Waals surface area contributed by atoms with Crippen LogP contribution in [0.3, 0.4) is 0 Å². The first-order valence-electron chi connectivity index (χ1n) is 4.76. The van der Waals surface area contributed by atoms with Gasteiger partial charge in [-0.1, -0.05) is 6.92 Å². The molecule has 1 aromatic rings. The minimum Gasteiger partial charge on any atom is -0.464 e. The second-order valence-electron chi connectivity index (χ2n) is 3.01. The van der Waals surface area contributed by atoms with Gasteiger partial charge in [0.15, 0.2) is 0 Å². The van der Waals surface area contributed by atoms with Gasteiger partial charge in [-0.25, -0.2) is 5.43 Å². The average molecular weight is 192 g/mol. The Morgan fingerprint density at radius 2 is 2.36 bits per heavy atom. The summed E-state index contributed by atoms with van der Waals surface area (Å²) >= 11 is 0. The van der Waals surface area contributed by atoms with Crippen molar-refractivity contribution < 1.29 is 4.42 Å². The number of nitrogens with one attached hydrogen (secondary N) is 1. The minimum absolute atomic E-state index is 0.0113. The molecule has 1 atom stereocenters. The second-order valence-corrected chi connectivity index (χ2v) is 3.01. The van der Waals surface area contributed by atoms with Crippen LogP contribution in [0, 0.1) is 11.8 Å². The summed E-state index contributed by atoms with van der Waals surface area (Å²) in [6.07, 6.45) is 1.57. The number of furan rings is 1. The quantitative estimate of drug-likeness (QED) is 0.434. The van der Waals surface area contributed by atoms with Crippen LogP contribution < -0.4 is 11.3 Å². The fourth-order valence-electron chi connectivity index (χ4n) is 1.22. The summed E-state index contributed by atoms with van der Waals surface area (Å²) in [6.45, 7) is 3.87. The van der Waals surface area contributed by atoms with E-state index in [1.54, 1.807) is 0 Å². The third-order valence-electron chi connectivity index (χ3n) is 2.06. The van der Waals surface area contributed by atoms with Gasteiger partial charge < -0.3 is 4.42 Å². The molecule has 1 rings (SSSR count). The molecule has 0 aromatic carbocycles. The number of nitrogens with two attached hydrogens (primary N) is 1. The fraction of sp³-hybridized carbons (Fsp3) is 0.455. The van der Waals surface area contributed by atoms with Crippen molar-refractivity contribution in [1.29, 1.82) is 0 Å². The second kappa shape index (κ2) is 5.48. The van der Waals surface area contributed by atoms with E-state index in [-0.39, 0.29) is 6.04 Å². The Labute approximate surface area is 84.6 Å². The fourth-order valence-corrected chi connectivity index (χ4v) is 1.22. The largest absolute Gasteiger partial charge is 0.464 e. The molecule has 0 aliphatic carbocycles. The van der Waals surface area contributed by atoms with Crippen LogP contribution in [0.5, 0.6) is 0 Å². The zero-order valence-electron chi connectivity index (χ0n) is 8.63. The SMILES string of the molecule is CC#CCC(NN)c1ccc(CC)o1. The Kier molecular flexibility index (Phi) is 4.24. The molecule has 0 fully saturated rings. The lowest BCUT2D eigenvalue weighted by molar-refractivity contribution is 0.401. The van der Waals surface area contributed by atoms with Gasteiger partial charge in [0.25, 0.3) is 0 Å². The van der Waals surface area contributed by atoms with E-state index in [1.165, 1.54) is 0 Å². The van der Waals surface area contributed by atoms with Crippen LogP contribution in [0.2, 0.25) is 0 Å². The van der Waals surface area contributed by atoms with Crippen LogP contribution in [-0.2, 0) is 6.42 Å². The lowest BCUT2D eigenvalue weighted by Gasteiger charge is -2.08. The molecule has 76 valence electrons. The summed E-state index contributed by atoms with van der Waals surface area (Å²) in [6, 6.07) is 3.91. The van der Waals surface area contributed by atoms with E-state index in [0.717, 1.165) is 17.9 Å². The maximum Gasteiger partial charge on any atom is 0.123 e. The summed E-state index contributed by atoms with van der Waals surface area (Å²) in [4.78, 5) is 0. The van der Waals surface area contributed by atoms with Gasteiger partial charge in [0, 0.05) is 12.8 Å². The molecule has 3 N–H and O–H groups in total. The highest BCUT2D eigenvalue weighted by molar-refractivity contribution is 5.13. The van der Waals surface area contributed by atoms with Crippen molar-refractivity contribution in [2.45, 2.75) is 32.7 Å². The van der Waals surface area contributed by atoms with Crippen molar-refractivity contribution in [1.82, 2.24) is 5.43 Å². The molecule has 0 aliphatic rings. The topological polar surface area (TPSA) is 51.2 Å². The number of aryl methyl sites for hydroxylation is 1. The molecule has 0 saturated carbocycles. The molecule has 0 amide bonds. The Morgan fingerprint density at radius 3 is 2.86 bits per heavy atom. The highest BCUT2D eigenvalue weighted by Gasteiger charge is 2.11.